The molecular formula is C31H40O4. The van der Waals surface area contributed by atoms with Crippen LogP contribution in [0.5, 0.6) is 0 Å². The molecule has 4 rings (SSSR count). The molecule has 0 aromatic heterocycles. The van der Waals surface area contributed by atoms with Crippen molar-refractivity contribution in [1.82, 2.24) is 0 Å². The first-order valence-electron chi connectivity index (χ1n) is 13.3. The summed E-state index contributed by atoms with van der Waals surface area (Å²) in [7, 11) is 0. The molecule has 0 aliphatic heterocycles. The van der Waals surface area contributed by atoms with Crippen LogP contribution in [0.15, 0.2) is 36.4 Å². The molecule has 1 unspecified atom stereocenters. The molecule has 4 nitrogen and oxygen atoms in total. The van der Waals surface area contributed by atoms with Crippen LogP contribution in [0.1, 0.15) is 92.7 Å². The van der Waals surface area contributed by atoms with Crippen LogP contribution in [0, 0.1) is 11.3 Å². The van der Waals surface area contributed by atoms with E-state index in [1.54, 1.807) is 0 Å². The highest BCUT2D eigenvalue weighted by atomic mass is 16.5. The van der Waals surface area contributed by atoms with Gasteiger partial charge < -0.3 is 9.47 Å². The highest BCUT2D eigenvalue weighted by Crippen LogP contribution is 2.30. The maximum absolute atomic E-state index is 12.8. The summed E-state index contributed by atoms with van der Waals surface area (Å²) in [4.78, 5) is 25.3. The molecule has 2 aliphatic rings. The Balaban J connectivity index is 1.21. The Hall–Kier alpha value is -2.62. The smallest absolute Gasteiger partial charge is 0.311 e. The average molecular weight is 477 g/mol. The van der Waals surface area contributed by atoms with Gasteiger partial charge >= 0.3 is 11.9 Å². The lowest BCUT2D eigenvalue weighted by atomic mass is 9.82. The number of hydrogen-bond donors (Lipinski definition) is 0. The molecule has 2 aromatic rings. The molecule has 4 heteroatoms. The number of ether oxygens (including phenoxy) is 2. The third-order valence-electron chi connectivity index (χ3n) is 7.52. The van der Waals surface area contributed by atoms with E-state index >= 15 is 0 Å². The van der Waals surface area contributed by atoms with E-state index < -0.39 is 5.41 Å². The number of benzene rings is 2. The molecule has 0 bridgehead atoms. The normalized spacial score (nSPS) is 16.1. The summed E-state index contributed by atoms with van der Waals surface area (Å²) < 4.78 is 11.2. The first-order valence-corrected chi connectivity index (χ1v) is 13.3. The molecule has 2 aromatic carbocycles. The lowest BCUT2D eigenvalue weighted by Crippen LogP contribution is -2.29. The number of rotatable bonds is 9. The summed E-state index contributed by atoms with van der Waals surface area (Å²) in [6, 6.07) is 12.9. The van der Waals surface area contributed by atoms with Crippen LogP contribution in [-0.4, -0.2) is 11.9 Å². The maximum atomic E-state index is 12.8. The number of carbonyl (C=O) groups is 2. The summed E-state index contributed by atoms with van der Waals surface area (Å²) >= 11 is 0. The molecule has 188 valence electrons. The van der Waals surface area contributed by atoms with Crippen LogP contribution in [0.2, 0.25) is 0 Å². The number of aryl methyl sites for hydroxylation is 4. The molecule has 0 spiro atoms. The predicted octanol–water partition coefficient (Wildman–Crippen LogP) is 6.67. The Morgan fingerprint density at radius 1 is 0.771 bits per heavy atom. The quantitative estimate of drug-likeness (QED) is 0.379. The highest BCUT2D eigenvalue weighted by Gasteiger charge is 2.32. The average Bonchev–Trinajstić information content (AvgIpc) is 2.85. The number of hydrogen-bond acceptors (Lipinski definition) is 4. The first kappa shape index (κ1) is 25.5. The summed E-state index contributed by atoms with van der Waals surface area (Å²) in [6.07, 6.45) is 10.4. The number of fused-ring (bicyclic) bond motifs is 2. The van der Waals surface area contributed by atoms with E-state index in [9.17, 15) is 9.59 Å². The Morgan fingerprint density at radius 3 is 1.80 bits per heavy atom. The summed E-state index contributed by atoms with van der Waals surface area (Å²) in [5.74, 6) is -0.407. The van der Waals surface area contributed by atoms with Gasteiger partial charge in [0, 0.05) is 6.42 Å². The van der Waals surface area contributed by atoms with E-state index in [1.165, 1.54) is 47.9 Å². The molecular weight excluding hydrogens is 436 g/mol. The summed E-state index contributed by atoms with van der Waals surface area (Å²) in [5, 5.41) is 0. The molecule has 35 heavy (non-hydrogen) atoms. The van der Waals surface area contributed by atoms with E-state index in [1.807, 2.05) is 20.8 Å². The van der Waals surface area contributed by atoms with Crippen molar-refractivity contribution in [2.75, 3.05) is 0 Å². The predicted molar refractivity (Wildman–Crippen MR) is 138 cm³/mol. The van der Waals surface area contributed by atoms with Crippen LogP contribution in [0.4, 0.5) is 0 Å². The van der Waals surface area contributed by atoms with Crippen LogP contribution < -0.4 is 0 Å². The van der Waals surface area contributed by atoms with Crippen molar-refractivity contribution in [3.63, 3.8) is 0 Å². The zero-order valence-corrected chi connectivity index (χ0v) is 21.7. The fraction of sp³-hybridized carbons (Fsp3) is 0.548. The third-order valence-corrected chi connectivity index (χ3v) is 7.52. The van der Waals surface area contributed by atoms with Crippen LogP contribution in [0.3, 0.4) is 0 Å². The second-order valence-corrected chi connectivity index (χ2v) is 11.3. The number of esters is 2. The topological polar surface area (TPSA) is 52.6 Å². The van der Waals surface area contributed by atoms with Gasteiger partial charge in [0.15, 0.2) is 0 Å². The minimum Gasteiger partial charge on any atom is -0.461 e. The lowest BCUT2D eigenvalue weighted by molar-refractivity contribution is -0.157. The zero-order chi connectivity index (χ0) is 24.8. The standard InChI is InChI=1S/C31H40O4/c1-22(16-29(32)34-20-23-12-14-25-8-4-6-10-27(25)17-23)19-31(2,3)30(33)35-21-24-13-15-26-9-5-7-11-28(26)18-24/h12-15,17-18,22H,4-11,16,19-21H2,1-3H3. The van der Waals surface area contributed by atoms with Crippen molar-refractivity contribution in [2.45, 2.75) is 98.2 Å². The van der Waals surface area contributed by atoms with Crippen molar-refractivity contribution in [3.8, 4) is 0 Å². The van der Waals surface area contributed by atoms with Crippen LogP contribution in [-0.2, 0) is 58.0 Å². The van der Waals surface area contributed by atoms with Crippen molar-refractivity contribution in [3.05, 3.63) is 69.8 Å². The fourth-order valence-corrected chi connectivity index (χ4v) is 5.63. The first-order chi connectivity index (χ1) is 16.8. The summed E-state index contributed by atoms with van der Waals surface area (Å²) in [6.45, 7) is 6.41. The Bertz CT molecular complexity index is 1050. The van der Waals surface area contributed by atoms with E-state index in [-0.39, 0.29) is 17.9 Å². The van der Waals surface area contributed by atoms with E-state index in [0.717, 1.165) is 36.8 Å². The maximum Gasteiger partial charge on any atom is 0.311 e. The monoisotopic (exact) mass is 476 g/mol. The van der Waals surface area contributed by atoms with Gasteiger partial charge in [0.2, 0.25) is 0 Å². The summed E-state index contributed by atoms with van der Waals surface area (Å²) in [5.41, 5.74) is 7.10. The molecule has 2 aliphatic carbocycles. The highest BCUT2D eigenvalue weighted by molar-refractivity contribution is 5.76. The molecule has 0 radical (unpaired) electrons. The molecule has 0 heterocycles. The van der Waals surface area contributed by atoms with Gasteiger partial charge in [-0.2, -0.15) is 0 Å². The van der Waals surface area contributed by atoms with Crippen molar-refractivity contribution in [2.24, 2.45) is 11.3 Å². The zero-order valence-electron chi connectivity index (χ0n) is 21.7. The molecule has 0 saturated heterocycles. The van der Waals surface area contributed by atoms with Gasteiger partial charge in [0.1, 0.15) is 13.2 Å². The van der Waals surface area contributed by atoms with Gasteiger partial charge in [0.05, 0.1) is 5.41 Å². The number of carbonyl (C=O) groups excluding carboxylic acids is 2. The molecule has 0 fully saturated rings. The minimum atomic E-state index is -0.660. The Morgan fingerprint density at radius 2 is 1.26 bits per heavy atom. The van der Waals surface area contributed by atoms with Gasteiger partial charge in [0.25, 0.3) is 0 Å². The van der Waals surface area contributed by atoms with E-state index in [2.05, 4.69) is 36.4 Å². The van der Waals surface area contributed by atoms with Crippen molar-refractivity contribution in [1.29, 1.82) is 0 Å². The minimum absolute atomic E-state index is 0.0253. The van der Waals surface area contributed by atoms with Gasteiger partial charge in [-0.3, -0.25) is 9.59 Å². The largest absolute Gasteiger partial charge is 0.461 e. The second-order valence-electron chi connectivity index (χ2n) is 11.3. The Kier molecular flexibility index (Phi) is 8.30. The third kappa shape index (κ3) is 6.96. The Labute approximate surface area is 210 Å². The molecule has 0 saturated carbocycles. The van der Waals surface area contributed by atoms with Gasteiger partial charge in [-0.05, 0) is 111 Å². The fourth-order valence-electron chi connectivity index (χ4n) is 5.63. The molecule has 1 atom stereocenters. The van der Waals surface area contributed by atoms with Crippen molar-refractivity contribution >= 4 is 11.9 Å². The van der Waals surface area contributed by atoms with E-state index in [0.29, 0.717) is 26.1 Å². The second kappa shape index (κ2) is 11.4. The lowest BCUT2D eigenvalue weighted by Gasteiger charge is -2.26. The van der Waals surface area contributed by atoms with Crippen molar-refractivity contribution < 1.29 is 19.1 Å². The van der Waals surface area contributed by atoms with Gasteiger partial charge in [-0.15, -0.1) is 0 Å². The van der Waals surface area contributed by atoms with E-state index in [4.69, 9.17) is 9.47 Å². The SMILES string of the molecule is CC(CC(=O)OCc1ccc2c(c1)CCCC2)CC(C)(C)C(=O)OCc1ccc2c(c1)CCCC2. The van der Waals surface area contributed by atoms with Gasteiger partial charge in [-0.1, -0.05) is 43.3 Å². The van der Waals surface area contributed by atoms with Crippen LogP contribution in [0.25, 0.3) is 0 Å². The molecule has 0 N–H and O–H groups in total. The van der Waals surface area contributed by atoms with Crippen LogP contribution >= 0.6 is 0 Å². The molecule has 0 amide bonds. The van der Waals surface area contributed by atoms with Gasteiger partial charge in [-0.25, -0.2) is 0 Å².